The molecule has 0 aliphatic carbocycles. The van der Waals surface area contributed by atoms with Gasteiger partial charge in [0.15, 0.2) is 0 Å². The third-order valence-corrected chi connectivity index (χ3v) is 4.31. The smallest absolute Gasteiger partial charge is 0.279 e. The first-order valence-electron chi connectivity index (χ1n) is 7.91. The third-order valence-electron chi connectivity index (χ3n) is 4.31. The Balaban J connectivity index is 2.00. The van der Waals surface area contributed by atoms with Crippen LogP contribution in [0.5, 0.6) is 0 Å². The fourth-order valence-electron chi connectivity index (χ4n) is 3.07. The number of fused-ring (bicyclic) bond motifs is 1. The van der Waals surface area contributed by atoms with Crippen molar-refractivity contribution in [2.24, 2.45) is 7.05 Å². The summed E-state index contributed by atoms with van der Waals surface area (Å²) < 4.78 is 1.97. The zero-order valence-corrected chi connectivity index (χ0v) is 13.6. The van der Waals surface area contributed by atoms with Crippen molar-refractivity contribution in [3.05, 3.63) is 82.9 Å². The topological polar surface area (TPSA) is 61.0 Å². The maximum Gasteiger partial charge on any atom is 0.279 e. The molecule has 0 N–H and O–H groups in total. The summed E-state index contributed by atoms with van der Waals surface area (Å²) in [5.41, 5.74) is 3.94. The summed E-state index contributed by atoms with van der Waals surface area (Å²) in [6.07, 6.45) is 0. The number of benzene rings is 3. The molecule has 0 unspecified atom stereocenters. The lowest BCUT2D eigenvalue weighted by molar-refractivity contribution is -0.384. The van der Waals surface area contributed by atoms with E-state index in [2.05, 4.69) is 4.98 Å². The molecule has 0 saturated heterocycles. The molecule has 0 aliphatic rings. The van der Waals surface area contributed by atoms with Gasteiger partial charge in [-0.1, -0.05) is 60.7 Å². The molecule has 3 aromatic carbocycles. The van der Waals surface area contributed by atoms with Crippen molar-refractivity contribution in [3.63, 3.8) is 0 Å². The zero-order valence-electron chi connectivity index (χ0n) is 13.6. The molecule has 0 radical (unpaired) electrons. The van der Waals surface area contributed by atoms with Gasteiger partial charge < -0.3 is 4.57 Å². The molecule has 122 valence electrons. The van der Waals surface area contributed by atoms with Gasteiger partial charge in [-0.05, 0) is 11.6 Å². The van der Waals surface area contributed by atoms with Gasteiger partial charge in [0.05, 0.1) is 21.5 Å². The lowest BCUT2D eigenvalue weighted by atomic mass is 10.0. The Hall–Kier alpha value is -3.47. The van der Waals surface area contributed by atoms with E-state index in [1.54, 1.807) is 6.07 Å². The first-order chi connectivity index (χ1) is 12.1. The number of nitro groups is 1. The summed E-state index contributed by atoms with van der Waals surface area (Å²) in [5, 5.41) is 11.6. The van der Waals surface area contributed by atoms with E-state index >= 15 is 0 Å². The van der Waals surface area contributed by atoms with Crippen LogP contribution in [0.15, 0.2) is 72.8 Å². The maximum absolute atomic E-state index is 11.6. The number of hydrogen-bond acceptors (Lipinski definition) is 3. The number of imidazole rings is 1. The van der Waals surface area contributed by atoms with Crippen molar-refractivity contribution >= 4 is 16.7 Å². The highest BCUT2D eigenvalue weighted by atomic mass is 16.6. The summed E-state index contributed by atoms with van der Waals surface area (Å²) in [7, 11) is 1.93. The largest absolute Gasteiger partial charge is 0.327 e. The van der Waals surface area contributed by atoms with Crippen LogP contribution in [0.2, 0.25) is 0 Å². The Bertz CT molecular complexity index is 1070. The second-order valence-electron chi connectivity index (χ2n) is 5.84. The standard InChI is InChI=1S/C20H15N3O2/c1-22-19-12-16(14-8-4-2-5-9-14)18(23(24)25)13-17(19)21-20(22)15-10-6-3-7-11-15/h2-13H,1H3. The third kappa shape index (κ3) is 2.55. The SMILES string of the molecule is Cn1c(-c2ccccc2)nc2cc([N+](=O)[O-])c(-c3ccccc3)cc21. The number of aromatic nitrogens is 2. The van der Waals surface area contributed by atoms with E-state index in [4.69, 9.17) is 0 Å². The fourth-order valence-corrected chi connectivity index (χ4v) is 3.07. The molecule has 5 heteroatoms. The summed E-state index contributed by atoms with van der Waals surface area (Å²) in [6.45, 7) is 0. The Morgan fingerprint density at radius 3 is 2.12 bits per heavy atom. The molecular weight excluding hydrogens is 314 g/mol. The molecule has 0 fully saturated rings. The summed E-state index contributed by atoms with van der Waals surface area (Å²) in [6, 6.07) is 22.6. The van der Waals surface area contributed by atoms with Crippen LogP contribution in [0.1, 0.15) is 0 Å². The van der Waals surface area contributed by atoms with Gasteiger partial charge in [0.1, 0.15) is 5.82 Å². The molecule has 4 rings (SSSR count). The molecule has 0 amide bonds. The molecule has 0 bridgehead atoms. The number of hydrogen-bond donors (Lipinski definition) is 0. The van der Waals surface area contributed by atoms with Crippen LogP contribution < -0.4 is 0 Å². The fraction of sp³-hybridized carbons (Fsp3) is 0.0500. The molecule has 0 spiro atoms. The van der Waals surface area contributed by atoms with E-state index in [-0.39, 0.29) is 10.6 Å². The first kappa shape index (κ1) is 15.1. The number of nitrogens with zero attached hydrogens (tertiary/aromatic N) is 3. The molecule has 0 atom stereocenters. The summed E-state index contributed by atoms with van der Waals surface area (Å²) in [5.74, 6) is 0.787. The highest BCUT2D eigenvalue weighted by Gasteiger charge is 2.20. The minimum Gasteiger partial charge on any atom is -0.327 e. The second kappa shape index (κ2) is 5.87. The van der Waals surface area contributed by atoms with E-state index in [0.717, 1.165) is 22.5 Å². The van der Waals surface area contributed by atoms with Crippen molar-refractivity contribution in [1.82, 2.24) is 9.55 Å². The Kier molecular flexibility index (Phi) is 3.54. The minimum absolute atomic E-state index is 0.0661. The molecule has 4 aromatic rings. The number of aryl methyl sites for hydroxylation is 1. The van der Waals surface area contributed by atoms with Gasteiger partial charge in [0.2, 0.25) is 0 Å². The average Bonchev–Trinajstić information content (AvgIpc) is 2.98. The predicted octanol–water partition coefficient (Wildman–Crippen LogP) is 4.82. The van der Waals surface area contributed by atoms with Crippen LogP contribution in [0.4, 0.5) is 5.69 Å². The van der Waals surface area contributed by atoms with Crippen LogP contribution in [-0.2, 0) is 7.05 Å². The molecule has 25 heavy (non-hydrogen) atoms. The normalized spacial score (nSPS) is 10.9. The van der Waals surface area contributed by atoms with E-state index in [0.29, 0.717) is 11.1 Å². The Morgan fingerprint density at radius 2 is 1.52 bits per heavy atom. The Labute approximate surface area is 144 Å². The highest BCUT2D eigenvalue weighted by molar-refractivity contribution is 5.90. The lowest BCUT2D eigenvalue weighted by Gasteiger charge is -2.05. The van der Waals surface area contributed by atoms with Crippen molar-refractivity contribution < 1.29 is 4.92 Å². The van der Waals surface area contributed by atoms with Crippen molar-refractivity contribution in [1.29, 1.82) is 0 Å². The van der Waals surface area contributed by atoms with Crippen molar-refractivity contribution in [2.75, 3.05) is 0 Å². The maximum atomic E-state index is 11.6. The van der Waals surface area contributed by atoms with Gasteiger partial charge in [-0.15, -0.1) is 0 Å². The van der Waals surface area contributed by atoms with Crippen molar-refractivity contribution in [3.8, 4) is 22.5 Å². The van der Waals surface area contributed by atoms with Gasteiger partial charge in [-0.2, -0.15) is 0 Å². The van der Waals surface area contributed by atoms with Gasteiger partial charge in [0.25, 0.3) is 5.69 Å². The van der Waals surface area contributed by atoms with E-state index in [1.807, 2.05) is 78.3 Å². The molecular formula is C20H15N3O2. The summed E-state index contributed by atoms with van der Waals surface area (Å²) in [4.78, 5) is 15.8. The highest BCUT2D eigenvalue weighted by Crippen LogP contribution is 2.35. The van der Waals surface area contributed by atoms with Gasteiger partial charge in [-0.25, -0.2) is 4.98 Å². The van der Waals surface area contributed by atoms with Gasteiger partial charge >= 0.3 is 0 Å². The molecule has 1 heterocycles. The zero-order chi connectivity index (χ0) is 17.4. The van der Waals surface area contributed by atoms with E-state index in [1.165, 1.54) is 0 Å². The monoisotopic (exact) mass is 329 g/mol. The van der Waals surface area contributed by atoms with E-state index in [9.17, 15) is 10.1 Å². The van der Waals surface area contributed by atoms with Gasteiger partial charge in [0, 0.05) is 18.7 Å². The van der Waals surface area contributed by atoms with Crippen molar-refractivity contribution in [2.45, 2.75) is 0 Å². The van der Waals surface area contributed by atoms with Crippen LogP contribution in [0.3, 0.4) is 0 Å². The number of rotatable bonds is 3. The summed E-state index contributed by atoms with van der Waals surface area (Å²) >= 11 is 0. The first-order valence-corrected chi connectivity index (χ1v) is 7.91. The molecule has 0 aliphatic heterocycles. The second-order valence-corrected chi connectivity index (χ2v) is 5.84. The molecule has 1 aromatic heterocycles. The van der Waals surface area contributed by atoms with Crippen LogP contribution in [-0.4, -0.2) is 14.5 Å². The minimum atomic E-state index is -0.349. The van der Waals surface area contributed by atoms with E-state index < -0.39 is 0 Å². The van der Waals surface area contributed by atoms with Crippen LogP contribution in [0, 0.1) is 10.1 Å². The van der Waals surface area contributed by atoms with Crippen LogP contribution >= 0.6 is 0 Å². The quantitative estimate of drug-likeness (QED) is 0.400. The van der Waals surface area contributed by atoms with Gasteiger partial charge in [-0.3, -0.25) is 10.1 Å². The lowest BCUT2D eigenvalue weighted by Crippen LogP contribution is -1.94. The average molecular weight is 329 g/mol. The molecule has 5 nitrogen and oxygen atoms in total. The molecule has 0 saturated carbocycles. The van der Waals surface area contributed by atoms with Crippen LogP contribution in [0.25, 0.3) is 33.5 Å². The number of nitro benzene ring substituents is 1. The predicted molar refractivity (Wildman–Crippen MR) is 98.2 cm³/mol. The Morgan fingerprint density at radius 1 is 0.920 bits per heavy atom.